The number of nitrogens with zero attached hydrogens (tertiary/aromatic N) is 1. The first-order valence-corrected chi connectivity index (χ1v) is 9.28. The summed E-state index contributed by atoms with van der Waals surface area (Å²) in [6, 6.07) is 17.0. The average molecular weight is 346 g/mol. The maximum Gasteiger partial charge on any atom is 0.0464 e. The summed E-state index contributed by atoms with van der Waals surface area (Å²) in [5.74, 6) is 0.554. The van der Waals surface area contributed by atoms with Gasteiger partial charge in [0.15, 0.2) is 0 Å². The lowest BCUT2D eigenvalue weighted by Gasteiger charge is -2.26. The molecule has 0 bridgehead atoms. The van der Waals surface area contributed by atoms with Crippen molar-refractivity contribution in [1.29, 1.82) is 0 Å². The van der Waals surface area contributed by atoms with Gasteiger partial charge in [0.1, 0.15) is 0 Å². The van der Waals surface area contributed by atoms with Crippen molar-refractivity contribution >= 4 is 11.4 Å². The second kappa shape index (κ2) is 8.71. The predicted molar refractivity (Wildman–Crippen MR) is 116 cm³/mol. The van der Waals surface area contributed by atoms with Crippen LogP contribution >= 0.6 is 0 Å². The average Bonchev–Trinajstić information content (AvgIpc) is 2.63. The summed E-state index contributed by atoms with van der Waals surface area (Å²) in [4.78, 5) is 2.21. The van der Waals surface area contributed by atoms with E-state index in [0.717, 1.165) is 17.1 Å². The molecule has 0 saturated heterocycles. The molecule has 0 N–H and O–H groups in total. The van der Waals surface area contributed by atoms with Gasteiger partial charge < -0.3 is 4.90 Å². The van der Waals surface area contributed by atoms with Gasteiger partial charge in [-0.05, 0) is 75.1 Å². The molecule has 0 heterocycles. The minimum atomic E-state index is 0.554. The minimum absolute atomic E-state index is 0.554. The van der Waals surface area contributed by atoms with Gasteiger partial charge in [0.05, 0.1) is 0 Å². The summed E-state index contributed by atoms with van der Waals surface area (Å²) in [5.41, 5.74) is 8.50. The lowest BCUT2D eigenvalue weighted by molar-refractivity contribution is 0.760. The van der Waals surface area contributed by atoms with Crippen molar-refractivity contribution in [3.63, 3.8) is 0 Å². The fraction of sp³-hybridized carbons (Fsp3) is 0.280. The Hall–Kier alpha value is -2.54. The third-order valence-electron chi connectivity index (χ3n) is 5.06. The van der Waals surface area contributed by atoms with E-state index in [1.165, 1.54) is 22.3 Å². The molecule has 0 atom stereocenters. The summed E-state index contributed by atoms with van der Waals surface area (Å²) in [7, 11) is 0. The molecular weight excluding hydrogens is 314 g/mol. The summed E-state index contributed by atoms with van der Waals surface area (Å²) < 4.78 is 0. The van der Waals surface area contributed by atoms with E-state index in [9.17, 15) is 0 Å². The van der Waals surface area contributed by atoms with Gasteiger partial charge in [-0.2, -0.15) is 0 Å². The van der Waals surface area contributed by atoms with E-state index < -0.39 is 0 Å². The van der Waals surface area contributed by atoms with Gasteiger partial charge in [-0.3, -0.25) is 0 Å². The van der Waals surface area contributed by atoms with E-state index in [0.29, 0.717) is 5.92 Å². The number of hydrogen-bond acceptors (Lipinski definition) is 1. The topological polar surface area (TPSA) is 3.24 Å². The number of para-hydroxylation sites is 1. The zero-order chi connectivity index (χ0) is 19.3. The van der Waals surface area contributed by atoms with Crippen LogP contribution in [0, 0.1) is 19.8 Å². The molecule has 0 saturated carbocycles. The van der Waals surface area contributed by atoms with Crippen molar-refractivity contribution in [2.24, 2.45) is 5.92 Å². The Balaban J connectivity index is 2.43. The van der Waals surface area contributed by atoms with Crippen LogP contribution in [0.3, 0.4) is 0 Å². The van der Waals surface area contributed by atoms with Crippen molar-refractivity contribution in [3.05, 3.63) is 95.2 Å². The van der Waals surface area contributed by atoms with E-state index in [1.54, 1.807) is 0 Å². The molecule has 0 amide bonds. The Labute approximate surface area is 159 Å². The zero-order valence-electron chi connectivity index (χ0n) is 17.0. The van der Waals surface area contributed by atoms with Gasteiger partial charge in [-0.25, -0.2) is 0 Å². The first-order valence-electron chi connectivity index (χ1n) is 9.28. The predicted octanol–water partition coefficient (Wildman–Crippen LogP) is 7.50. The largest absolute Gasteiger partial charge is 0.311 e. The highest BCUT2D eigenvalue weighted by atomic mass is 15.1. The molecule has 0 spiro atoms. The number of benzene rings is 2. The SMILES string of the molecule is C=C(/C=C\C(C)=C(/C)C(C)C)N(c1ccccc1)c1ccc(C)c(C)c1. The van der Waals surface area contributed by atoms with Crippen LogP contribution in [0.4, 0.5) is 11.4 Å². The lowest BCUT2D eigenvalue weighted by Crippen LogP contribution is -2.14. The van der Waals surface area contributed by atoms with Crippen LogP contribution in [0.15, 0.2) is 84.1 Å². The monoisotopic (exact) mass is 345 g/mol. The third kappa shape index (κ3) is 4.76. The maximum absolute atomic E-state index is 4.35. The standard InChI is InChI=1S/C25H31N/c1-18(2)23(7)20(4)13-15-22(6)26(24-11-9-8-10-12-24)25-16-14-19(3)21(5)17-25/h8-18H,6H2,1-5,7H3/b15-13-,23-20+. The number of allylic oxidation sites excluding steroid dienone is 4. The van der Waals surface area contributed by atoms with E-state index in [-0.39, 0.29) is 0 Å². The Bertz CT molecular complexity index is 822. The van der Waals surface area contributed by atoms with Crippen LogP contribution in [0.25, 0.3) is 0 Å². The second-order valence-electron chi connectivity index (χ2n) is 7.28. The molecule has 0 aromatic heterocycles. The lowest BCUT2D eigenvalue weighted by atomic mass is 9.99. The van der Waals surface area contributed by atoms with Crippen LogP contribution in [0.5, 0.6) is 0 Å². The van der Waals surface area contributed by atoms with Gasteiger partial charge in [-0.1, -0.05) is 61.9 Å². The second-order valence-corrected chi connectivity index (χ2v) is 7.28. The van der Waals surface area contributed by atoms with Crippen molar-refractivity contribution < 1.29 is 0 Å². The summed E-state index contributed by atoms with van der Waals surface area (Å²) in [5, 5.41) is 0. The van der Waals surface area contributed by atoms with Gasteiger partial charge in [0.25, 0.3) is 0 Å². The van der Waals surface area contributed by atoms with Crippen molar-refractivity contribution in [1.82, 2.24) is 0 Å². The Morgan fingerprint density at radius 3 is 2.12 bits per heavy atom. The van der Waals surface area contributed by atoms with E-state index >= 15 is 0 Å². The quantitative estimate of drug-likeness (QED) is 0.490. The summed E-state index contributed by atoms with van der Waals surface area (Å²) in [6.07, 6.45) is 4.29. The molecule has 0 unspecified atom stereocenters. The van der Waals surface area contributed by atoms with Crippen LogP contribution < -0.4 is 4.90 Å². The van der Waals surface area contributed by atoms with Crippen molar-refractivity contribution in [2.75, 3.05) is 4.90 Å². The normalized spacial score (nSPS) is 12.4. The third-order valence-corrected chi connectivity index (χ3v) is 5.06. The van der Waals surface area contributed by atoms with Crippen LogP contribution in [-0.4, -0.2) is 0 Å². The number of rotatable bonds is 6. The molecule has 0 aliphatic heterocycles. The first kappa shape index (κ1) is 19.8. The van der Waals surface area contributed by atoms with Crippen molar-refractivity contribution in [3.8, 4) is 0 Å². The fourth-order valence-corrected chi connectivity index (χ4v) is 2.80. The summed E-state index contributed by atoms with van der Waals surface area (Å²) >= 11 is 0. The number of aryl methyl sites for hydroxylation is 2. The molecule has 0 aliphatic rings. The highest BCUT2D eigenvalue weighted by molar-refractivity contribution is 5.70. The molecule has 1 nitrogen and oxygen atoms in total. The molecular formula is C25H31N. The highest BCUT2D eigenvalue weighted by Gasteiger charge is 2.12. The van der Waals surface area contributed by atoms with E-state index in [1.807, 2.05) is 6.07 Å². The van der Waals surface area contributed by atoms with Gasteiger partial charge in [0, 0.05) is 17.1 Å². The number of anilines is 2. The van der Waals surface area contributed by atoms with Crippen LogP contribution in [-0.2, 0) is 0 Å². The van der Waals surface area contributed by atoms with E-state index in [2.05, 4.69) is 108 Å². The molecule has 1 heteroatoms. The Morgan fingerprint density at radius 2 is 1.54 bits per heavy atom. The molecule has 0 radical (unpaired) electrons. The molecule has 2 aromatic carbocycles. The smallest absolute Gasteiger partial charge is 0.0464 e. The molecule has 26 heavy (non-hydrogen) atoms. The fourth-order valence-electron chi connectivity index (χ4n) is 2.80. The van der Waals surface area contributed by atoms with Crippen molar-refractivity contribution in [2.45, 2.75) is 41.5 Å². The Morgan fingerprint density at radius 1 is 0.885 bits per heavy atom. The zero-order valence-corrected chi connectivity index (χ0v) is 17.0. The Kier molecular flexibility index (Phi) is 6.63. The highest BCUT2D eigenvalue weighted by Crippen LogP contribution is 2.31. The molecule has 2 aromatic rings. The van der Waals surface area contributed by atoms with Gasteiger partial charge in [0.2, 0.25) is 0 Å². The van der Waals surface area contributed by atoms with Gasteiger partial charge in [-0.15, -0.1) is 0 Å². The maximum atomic E-state index is 4.35. The molecule has 2 rings (SSSR count). The molecule has 136 valence electrons. The van der Waals surface area contributed by atoms with Gasteiger partial charge >= 0.3 is 0 Å². The molecule has 0 aliphatic carbocycles. The van der Waals surface area contributed by atoms with Crippen LogP contribution in [0.1, 0.15) is 38.8 Å². The molecule has 0 fully saturated rings. The minimum Gasteiger partial charge on any atom is -0.311 e. The summed E-state index contributed by atoms with van der Waals surface area (Å²) in [6.45, 7) is 17.5. The van der Waals surface area contributed by atoms with E-state index in [4.69, 9.17) is 0 Å². The van der Waals surface area contributed by atoms with Crippen LogP contribution in [0.2, 0.25) is 0 Å². The number of hydrogen-bond donors (Lipinski definition) is 0. The first-order chi connectivity index (χ1) is 12.3.